The van der Waals surface area contributed by atoms with Crippen LogP contribution in [0.15, 0.2) is 61.2 Å². The second-order valence-electron chi connectivity index (χ2n) is 5.68. The first-order valence-corrected chi connectivity index (χ1v) is 7.58. The van der Waals surface area contributed by atoms with Crippen molar-refractivity contribution in [2.75, 3.05) is 11.9 Å². The van der Waals surface area contributed by atoms with Crippen molar-refractivity contribution in [3.8, 4) is 5.75 Å². The second kappa shape index (κ2) is 8.93. The summed E-state index contributed by atoms with van der Waals surface area (Å²) in [5, 5.41) is 3.43. The van der Waals surface area contributed by atoms with Crippen molar-refractivity contribution < 1.29 is 4.74 Å². The third-order valence-corrected chi connectivity index (χ3v) is 2.97. The zero-order chi connectivity index (χ0) is 16.5. The molecule has 1 N–H and O–H groups in total. The quantitative estimate of drug-likeness (QED) is 0.630. The van der Waals surface area contributed by atoms with Crippen LogP contribution in [0.3, 0.4) is 0 Å². The first-order chi connectivity index (χ1) is 10.4. The van der Waals surface area contributed by atoms with E-state index in [1.807, 2.05) is 45.1 Å². The van der Waals surface area contributed by atoms with Gasteiger partial charge in [0.05, 0.1) is 6.10 Å². The highest BCUT2D eigenvalue weighted by Crippen LogP contribution is 2.26. The molecule has 0 heterocycles. The average Bonchev–Trinajstić information content (AvgIpc) is 2.44. The molecule has 0 aliphatic carbocycles. The van der Waals surface area contributed by atoms with Crippen LogP contribution in [0.25, 0.3) is 5.57 Å². The number of hydrogen-bond donors (Lipinski definition) is 1. The molecule has 0 radical (unpaired) electrons. The van der Waals surface area contributed by atoms with E-state index in [1.165, 1.54) is 5.57 Å². The topological polar surface area (TPSA) is 21.3 Å². The predicted molar refractivity (Wildman–Crippen MR) is 98.5 cm³/mol. The molecule has 118 valence electrons. The van der Waals surface area contributed by atoms with Crippen molar-refractivity contribution in [1.82, 2.24) is 0 Å². The van der Waals surface area contributed by atoms with Gasteiger partial charge in [0.15, 0.2) is 0 Å². The van der Waals surface area contributed by atoms with Crippen LogP contribution >= 0.6 is 0 Å². The highest BCUT2D eigenvalue weighted by atomic mass is 16.5. The minimum Gasteiger partial charge on any atom is -0.491 e. The Labute approximate surface area is 134 Å². The molecule has 1 aromatic rings. The van der Waals surface area contributed by atoms with Gasteiger partial charge >= 0.3 is 0 Å². The van der Waals surface area contributed by atoms with Gasteiger partial charge in [-0.1, -0.05) is 48.6 Å². The number of benzene rings is 1. The van der Waals surface area contributed by atoms with Crippen molar-refractivity contribution in [2.24, 2.45) is 0 Å². The highest BCUT2D eigenvalue weighted by molar-refractivity contribution is 5.68. The van der Waals surface area contributed by atoms with Crippen molar-refractivity contribution in [2.45, 2.75) is 33.8 Å². The SMILES string of the molecule is C=C/C=C\C=C(/C)CNc1cc(OC(C)C)cc(C(=C)C)c1. The van der Waals surface area contributed by atoms with E-state index in [0.29, 0.717) is 0 Å². The molecule has 0 aliphatic heterocycles. The smallest absolute Gasteiger partial charge is 0.122 e. The monoisotopic (exact) mass is 297 g/mol. The summed E-state index contributed by atoms with van der Waals surface area (Å²) in [7, 11) is 0. The van der Waals surface area contributed by atoms with Gasteiger partial charge < -0.3 is 10.1 Å². The van der Waals surface area contributed by atoms with Gasteiger partial charge in [0, 0.05) is 18.3 Å². The van der Waals surface area contributed by atoms with E-state index in [0.717, 1.165) is 29.1 Å². The van der Waals surface area contributed by atoms with Gasteiger partial charge in [0.2, 0.25) is 0 Å². The van der Waals surface area contributed by atoms with E-state index in [2.05, 4.69) is 37.5 Å². The van der Waals surface area contributed by atoms with Crippen molar-refractivity contribution >= 4 is 11.3 Å². The Balaban J connectivity index is 2.86. The van der Waals surface area contributed by atoms with Crippen LogP contribution in [-0.4, -0.2) is 12.6 Å². The van der Waals surface area contributed by atoms with Crippen LogP contribution in [0.4, 0.5) is 5.69 Å². The minimum atomic E-state index is 0.152. The molecule has 1 rings (SSSR count). The van der Waals surface area contributed by atoms with E-state index in [4.69, 9.17) is 4.74 Å². The molecular weight excluding hydrogens is 270 g/mol. The Kier molecular flexibility index (Phi) is 7.24. The van der Waals surface area contributed by atoms with Crippen LogP contribution in [0, 0.1) is 0 Å². The Morgan fingerprint density at radius 1 is 1.23 bits per heavy atom. The molecule has 0 atom stereocenters. The number of anilines is 1. The van der Waals surface area contributed by atoms with Gasteiger partial charge in [-0.2, -0.15) is 0 Å². The third-order valence-electron chi connectivity index (χ3n) is 2.97. The van der Waals surface area contributed by atoms with Crippen LogP contribution in [-0.2, 0) is 0 Å². The van der Waals surface area contributed by atoms with E-state index < -0.39 is 0 Å². The zero-order valence-corrected chi connectivity index (χ0v) is 14.1. The maximum Gasteiger partial charge on any atom is 0.122 e. The van der Waals surface area contributed by atoms with Gasteiger partial charge in [-0.15, -0.1) is 0 Å². The van der Waals surface area contributed by atoms with Gasteiger partial charge in [0.25, 0.3) is 0 Å². The van der Waals surface area contributed by atoms with Gasteiger partial charge in [0.1, 0.15) is 5.75 Å². The van der Waals surface area contributed by atoms with E-state index in [1.54, 1.807) is 6.08 Å². The molecule has 0 saturated carbocycles. The molecule has 0 spiro atoms. The second-order valence-corrected chi connectivity index (χ2v) is 5.68. The Bertz CT molecular complexity index is 579. The summed E-state index contributed by atoms with van der Waals surface area (Å²) < 4.78 is 5.81. The molecular formula is C20H27NO. The molecule has 0 saturated heterocycles. The first kappa shape index (κ1) is 17.8. The first-order valence-electron chi connectivity index (χ1n) is 7.58. The lowest BCUT2D eigenvalue weighted by Gasteiger charge is -2.15. The molecule has 1 aromatic carbocycles. The Morgan fingerprint density at radius 2 is 1.95 bits per heavy atom. The van der Waals surface area contributed by atoms with E-state index >= 15 is 0 Å². The standard InChI is InChI=1S/C20H27NO/c1-7-8-9-10-17(6)14-21-19-11-18(15(2)3)12-20(13-19)22-16(4)5/h7-13,16,21H,1-2,14H2,3-6H3/b9-8-,17-10+. The Morgan fingerprint density at radius 3 is 2.55 bits per heavy atom. The van der Waals surface area contributed by atoms with Gasteiger partial charge in [-0.3, -0.25) is 0 Å². The number of ether oxygens (including phenoxy) is 1. The van der Waals surface area contributed by atoms with Crippen LogP contribution in [0.1, 0.15) is 33.3 Å². The third kappa shape index (κ3) is 6.49. The summed E-state index contributed by atoms with van der Waals surface area (Å²) in [5.74, 6) is 0.867. The summed E-state index contributed by atoms with van der Waals surface area (Å²) in [4.78, 5) is 0. The summed E-state index contributed by atoms with van der Waals surface area (Å²) in [6.45, 7) is 16.6. The zero-order valence-electron chi connectivity index (χ0n) is 14.1. The lowest BCUT2D eigenvalue weighted by Crippen LogP contribution is -2.07. The van der Waals surface area contributed by atoms with Gasteiger partial charge in [-0.05, 0) is 45.4 Å². The molecule has 2 heteroatoms. The molecule has 2 nitrogen and oxygen atoms in total. The lowest BCUT2D eigenvalue weighted by molar-refractivity contribution is 0.242. The van der Waals surface area contributed by atoms with Crippen LogP contribution in [0.2, 0.25) is 0 Å². The number of hydrogen-bond acceptors (Lipinski definition) is 2. The normalized spacial score (nSPS) is 11.8. The number of allylic oxidation sites excluding steroid dienone is 5. The molecule has 0 aliphatic rings. The molecule has 0 fully saturated rings. The summed E-state index contributed by atoms with van der Waals surface area (Å²) in [6, 6.07) is 6.16. The molecule has 0 bridgehead atoms. The van der Waals surface area contributed by atoms with Crippen molar-refractivity contribution in [3.05, 3.63) is 66.8 Å². The van der Waals surface area contributed by atoms with Crippen molar-refractivity contribution in [1.29, 1.82) is 0 Å². The summed E-state index contributed by atoms with van der Waals surface area (Å²) in [6.07, 6.45) is 7.90. The maximum absolute atomic E-state index is 5.81. The van der Waals surface area contributed by atoms with E-state index in [9.17, 15) is 0 Å². The molecule has 0 unspecified atom stereocenters. The number of rotatable bonds is 8. The maximum atomic E-state index is 5.81. The van der Waals surface area contributed by atoms with Crippen LogP contribution < -0.4 is 10.1 Å². The fraction of sp³-hybridized carbons (Fsp3) is 0.300. The molecule has 22 heavy (non-hydrogen) atoms. The highest BCUT2D eigenvalue weighted by Gasteiger charge is 2.04. The largest absolute Gasteiger partial charge is 0.491 e. The fourth-order valence-electron chi connectivity index (χ4n) is 1.89. The predicted octanol–water partition coefficient (Wildman–Crippen LogP) is 5.61. The summed E-state index contributed by atoms with van der Waals surface area (Å²) >= 11 is 0. The number of nitrogens with one attached hydrogen (secondary N) is 1. The minimum absolute atomic E-state index is 0.152. The van der Waals surface area contributed by atoms with Gasteiger partial charge in [-0.25, -0.2) is 0 Å². The van der Waals surface area contributed by atoms with Crippen molar-refractivity contribution in [3.63, 3.8) is 0 Å². The Hall–Kier alpha value is -2.22. The lowest BCUT2D eigenvalue weighted by atomic mass is 10.1. The summed E-state index contributed by atoms with van der Waals surface area (Å²) in [5.41, 5.74) is 4.40. The molecule has 0 aromatic heterocycles. The fourth-order valence-corrected chi connectivity index (χ4v) is 1.89. The molecule has 0 amide bonds. The van der Waals surface area contributed by atoms with E-state index in [-0.39, 0.29) is 6.10 Å². The average molecular weight is 297 g/mol. The van der Waals surface area contributed by atoms with Crippen LogP contribution in [0.5, 0.6) is 5.75 Å².